The second kappa shape index (κ2) is 7.35. The lowest BCUT2D eigenvalue weighted by molar-refractivity contribution is -0.125. The van der Waals surface area contributed by atoms with Gasteiger partial charge in [0.05, 0.1) is 6.54 Å². The van der Waals surface area contributed by atoms with E-state index in [9.17, 15) is 9.59 Å². The fourth-order valence-electron chi connectivity index (χ4n) is 0.867. The maximum atomic E-state index is 11.1. The molecule has 0 aromatic heterocycles. The number of carbonyl (C=O) groups is 2. The Kier molecular flexibility index (Phi) is 6.80. The van der Waals surface area contributed by atoms with Crippen LogP contribution in [0.3, 0.4) is 0 Å². The normalized spacial score (nSPS) is 10.0. The molecule has 0 heterocycles. The van der Waals surface area contributed by atoms with Crippen molar-refractivity contribution in [3.05, 3.63) is 0 Å². The summed E-state index contributed by atoms with van der Waals surface area (Å²) in [6.45, 7) is 6.73. The van der Waals surface area contributed by atoms with E-state index in [-0.39, 0.29) is 18.4 Å². The molecule has 0 fully saturated rings. The first-order valence-corrected chi connectivity index (χ1v) is 5.09. The fourth-order valence-corrected chi connectivity index (χ4v) is 0.867. The van der Waals surface area contributed by atoms with Crippen LogP contribution in [0, 0.1) is 5.92 Å². The molecule has 0 rings (SSSR count). The lowest BCUT2D eigenvalue weighted by Gasteiger charge is -2.07. The van der Waals surface area contributed by atoms with Gasteiger partial charge in [0.2, 0.25) is 11.8 Å². The molecule has 4 nitrogen and oxygen atoms in total. The van der Waals surface area contributed by atoms with E-state index in [0.717, 1.165) is 6.42 Å². The molecular formula is C10H20N2O2. The second-order valence-corrected chi connectivity index (χ2v) is 3.66. The molecule has 0 atom stereocenters. The monoisotopic (exact) mass is 200 g/mol. The minimum Gasteiger partial charge on any atom is -0.355 e. The summed E-state index contributed by atoms with van der Waals surface area (Å²) in [6, 6.07) is 0. The van der Waals surface area contributed by atoms with E-state index in [1.165, 1.54) is 0 Å². The molecule has 82 valence electrons. The molecular weight excluding hydrogens is 180 g/mol. The summed E-state index contributed by atoms with van der Waals surface area (Å²) in [5.41, 5.74) is 0. The van der Waals surface area contributed by atoms with Gasteiger partial charge in [-0.2, -0.15) is 0 Å². The Labute approximate surface area is 85.4 Å². The lowest BCUT2D eigenvalue weighted by atomic mass is 10.1. The molecule has 2 amide bonds. The molecule has 4 heteroatoms. The smallest absolute Gasteiger partial charge is 0.239 e. The SMILES string of the molecule is CCC(=O)NCC(=O)NCCC(C)C. The summed E-state index contributed by atoms with van der Waals surface area (Å²) < 4.78 is 0. The summed E-state index contributed by atoms with van der Waals surface area (Å²) in [5.74, 6) is 0.372. The predicted octanol–water partition coefficient (Wildman–Crippen LogP) is 0.675. The van der Waals surface area contributed by atoms with Gasteiger partial charge in [-0.1, -0.05) is 20.8 Å². The van der Waals surface area contributed by atoms with Crippen LogP contribution in [-0.2, 0) is 9.59 Å². The highest BCUT2D eigenvalue weighted by Gasteiger charge is 2.02. The van der Waals surface area contributed by atoms with E-state index >= 15 is 0 Å². The van der Waals surface area contributed by atoms with Gasteiger partial charge < -0.3 is 10.6 Å². The van der Waals surface area contributed by atoms with Crippen molar-refractivity contribution in [2.75, 3.05) is 13.1 Å². The van der Waals surface area contributed by atoms with E-state index in [4.69, 9.17) is 0 Å². The van der Waals surface area contributed by atoms with Gasteiger partial charge in [0.25, 0.3) is 0 Å². The van der Waals surface area contributed by atoms with Crippen molar-refractivity contribution in [1.82, 2.24) is 10.6 Å². The van der Waals surface area contributed by atoms with Gasteiger partial charge in [-0.15, -0.1) is 0 Å². The Bertz CT molecular complexity index is 191. The minimum absolute atomic E-state index is 0.0881. The number of amides is 2. The summed E-state index contributed by atoms with van der Waals surface area (Å²) >= 11 is 0. The van der Waals surface area contributed by atoms with E-state index in [1.807, 2.05) is 0 Å². The van der Waals surface area contributed by atoms with Gasteiger partial charge in [-0.3, -0.25) is 9.59 Å². The second-order valence-electron chi connectivity index (χ2n) is 3.66. The molecule has 0 aliphatic rings. The molecule has 0 saturated heterocycles. The Morgan fingerprint density at radius 1 is 1.14 bits per heavy atom. The largest absolute Gasteiger partial charge is 0.355 e. The Morgan fingerprint density at radius 3 is 2.29 bits per heavy atom. The van der Waals surface area contributed by atoms with Crippen LogP contribution in [-0.4, -0.2) is 24.9 Å². The van der Waals surface area contributed by atoms with Crippen molar-refractivity contribution in [3.63, 3.8) is 0 Å². The van der Waals surface area contributed by atoms with E-state index < -0.39 is 0 Å². The van der Waals surface area contributed by atoms with Gasteiger partial charge in [-0.05, 0) is 12.3 Å². The molecule has 0 aliphatic heterocycles. The lowest BCUT2D eigenvalue weighted by Crippen LogP contribution is -2.37. The van der Waals surface area contributed by atoms with Crippen LogP contribution >= 0.6 is 0 Å². The summed E-state index contributed by atoms with van der Waals surface area (Å²) in [7, 11) is 0. The molecule has 0 saturated carbocycles. The molecule has 14 heavy (non-hydrogen) atoms. The summed E-state index contributed by atoms with van der Waals surface area (Å²) in [6.07, 6.45) is 1.38. The van der Waals surface area contributed by atoms with Gasteiger partial charge in [0.15, 0.2) is 0 Å². The van der Waals surface area contributed by atoms with Gasteiger partial charge in [0, 0.05) is 13.0 Å². The maximum absolute atomic E-state index is 11.1. The average Bonchev–Trinajstić information content (AvgIpc) is 2.13. The highest BCUT2D eigenvalue weighted by molar-refractivity contribution is 5.84. The molecule has 0 aromatic carbocycles. The molecule has 0 bridgehead atoms. The maximum Gasteiger partial charge on any atom is 0.239 e. The molecule has 0 radical (unpaired) electrons. The highest BCUT2D eigenvalue weighted by atomic mass is 16.2. The summed E-state index contributed by atoms with van der Waals surface area (Å²) in [5, 5.41) is 5.26. The first-order valence-electron chi connectivity index (χ1n) is 5.09. The van der Waals surface area contributed by atoms with Crippen LogP contribution in [0.25, 0.3) is 0 Å². The number of carbonyl (C=O) groups excluding carboxylic acids is 2. The van der Waals surface area contributed by atoms with Gasteiger partial charge >= 0.3 is 0 Å². The van der Waals surface area contributed by atoms with Gasteiger partial charge in [-0.25, -0.2) is 0 Å². The molecule has 0 spiro atoms. The summed E-state index contributed by atoms with van der Waals surface area (Å²) in [4.78, 5) is 21.9. The Balaban J connectivity index is 3.42. The van der Waals surface area contributed by atoms with Crippen LogP contribution in [0.15, 0.2) is 0 Å². The minimum atomic E-state index is -0.118. The molecule has 2 N–H and O–H groups in total. The van der Waals surface area contributed by atoms with E-state index in [2.05, 4.69) is 24.5 Å². The van der Waals surface area contributed by atoms with Crippen molar-refractivity contribution in [2.45, 2.75) is 33.6 Å². The Morgan fingerprint density at radius 2 is 1.79 bits per heavy atom. The zero-order chi connectivity index (χ0) is 11.0. The van der Waals surface area contributed by atoms with Crippen molar-refractivity contribution in [1.29, 1.82) is 0 Å². The number of rotatable bonds is 6. The molecule has 0 unspecified atom stereocenters. The number of nitrogens with one attached hydrogen (secondary N) is 2. The van der Waals surface area contributed by atoms with Crippen LogP contribution in [0.4, 0.5) is 0 Å². The third-order valence-corrected chi connectivity index (χ3v) is 1.81. The molecule has 0 aromatic rings. The van der Waals surface area contributed by atoms with Crippen LogP contribution < -0.4 is 10.6 Å². The van der Waals surface area contributed by atoms with E-state index in [1.54, 1.807) is 6.92 Å². The van der Waals surface area contributed by atoms with Gasteiger partial charge in [0.1, 0.15) is 0 Å². The third-order valence-electron chi connectivity index (χ3n) is 1.81. The van der Waals surface area contributed by atoms with E-state index in [0.29, 0.717) is 18.9 Å². The predicted molar refractivity (Wildman–Crippen MR) is 55.8 cm³/mol. The standard InChI is InChI=1S/C10H20N2O2/c1-4-9(13)12-7-10(14)11-6-5-8(2)3/h8H,4-7H2,1-3H3,(H,11,14)(H,12,13). The highest BCUT2D eigenvalue weighted by Crippen LogP contribution is 1.95. The van der Waals surface area contributed by atoms with Crippen molar-refractivity contribution in [2.24, 2.45) is 5.92 Å². The van der Waals surface area contributed by atoms with Crippen LogP contribution in [0.2, 0.25) is 0 Å². The van der Waals surface area contributed by atoms with Crippen molar-refractivity contribution >= 4 is 11.8 Å². The topological polar surface area (TPSA) is 58.2 Å². The first kappa shape index (κ1) is 12.9. The quantitative estimate of drug-likeness (QED) is 0.662. The zero-order valence-electron chi connectivity index (χ0n) is 9.22. The third kappa shape index (κ3) is 7.58. The number of hydrogen-bond donors (Lipinski definition) is 2. The zero-order valence-corrected chi connectivity index (χ0v) is 9.22. The molecule has 0 aliphatic carbocycles. The Hall–Kier alpha value is -1.06. The van der Waals surface area contributed by atoms with Crippen molar-refractivity contribution < 1.29 is 9.59 Å². The number of hydrogen-bond acceptors (Lipinski definition) is 2. The average molecular weight is 200 g/mol. The van der Waals surface area contributed by atoms with Crippen LogP contribution in [0.1, 0.15) is 33.6 Å². The fraction of sp³-hybridized carbons (Fsp3) is 0.800. The van der Waals surface area contributed by atoms with Crippen molar-refractivity contribution in [3.8, 4) is 0 Å². The van der Waals surface area contributed by atoms with Crippen LogP contribution in [0.5, 0.6) is 0 Å². The first-order chi connectivity index (χ1) is 6.56.